The van der Waals surface area contributed by atoms with Gasteiger partial charge in [0.2, 0.25) is 11.9 Å². The van der Waals surface area contributed by atoms with Gasteiger partial charge in [-0.15, -0.1) is 0 Å². The Morgan fingerprint density at radius 3 is 2.92 bits per heavy atom. The number of imidazole rings is 1. The summed E-state index contributed by atoms with van der Waals surface area (Å²) in [6.45, 7) is 1.69. The highest BCUT2D eigenvalue weighted by molar-refractivity contribution is 5.82. The number of pyridine rings is 1. The minimum Gasteiger partial charge on any atom is -0.347 e. The van der Waals surface area contributed by atoms with Gasteiger partial charge in [0.05, 0.1) is 23.8 Å². The number of amides is 1. The molecule has 24 heavy (non-hydrogen) atoms. The van der Waals surface area contributed by atoms with Gasteiger partial charge in [-0.2, -0.15) is 0 Å². The molecule has 4 rings (SSSR count). The lowest BCUT2D eigenvalue weighted by Gasteiger charge is -2.29. The molecule has 3 aromatic rings. The van der Waals surface area contributed by atoms with E-state index in [9.17, 15) is 4.79 Å². The number of benzene rings is 1. The summed E-state index contributed by atoms with van der Waals surface area (Å²) >= 11 is 0. The standard InChI is InChI=1S/C18H19N5O/c1-22-16-10-19-8-6-15(16)21-18(22)20-11-17(24)23-9-7-13-4-2-3-5-14(13)12-23/h2-6,8,10H,7,9,11-12H2,1H3,(H,20,21). The summed E-state index contributed by atoms with van der Waals surface area (Å²) in [5.41, 5.74) is 4.40. The summed E-state index contributed by atoms with van der Waals surface area (Å²) < 4.78 is 1.92. The van der Waals surface area contributed by atoms with E-state index in [0.717, 1.165) is 24.0 Å². The summed E-state index contributed by atoms with van der Waals surface area (Å²) in [5, 5.41) is 3.16. The quantitative estimate of drug-likeness (QED) is 0.801. The maximum atomic E-state index is 12.5. The molecule has 122 valence electrons. The van der Waals surface area contributed by atoms with Crippen molar-refractivity contribution in [2.24, 2.45) is 7.05 Å². The lowest BCUT2D eigenvalue weighted by molar-refractivity contribution is -0.130. The lowest BCUT2D eigenvalue weighted by atomic mass is 10.00. The normalized spacial score (nSPS) is 13.8. The number of fused-ring (bicyclic) bond motifs is 2. The molecular weight excluding hydrogens is 302 g/mol. The molecule has 6 heteroatoms. The van der Waals surface area contributed by atoms with Crippen molar-refractivity contribution >= 4 is 22.9 Å². The second kappa shape index (κ2) is 5.96. The Hall–Kier alpha value is -2.89. The van der Waals surface area contributed by atoms with Crippen LogP contribution in [0.1, 0.15) is 11.1 Å². The fourth-order valence-corrected chi connectivity index (χ4v) is 3.17. The molecule has 1 aliphatic heterocycles. The summed E-state index contributed by atoms with van der Waals surface area (Å²) in [6.07, 6.45) is 4.41. The monoisotopic (exact) mass is 321 g/mol. The van der Waals surface area contributed by atoms with Crippen molar-refractivity contribution in [2.45, 2.75) is 13.0 Å². The van der Waals surface area contributed by atoms with Crippen LogP contribution in [-0.4, -0.2) is 38.4 Å². The van der Waals surface area contributed by atoms with Crippen LogP contribution in [0, 0.1) is 0 Å². The smallest absolute Gasteiger partial charge is 0.242 e. The van der Waals surface area contributed by atoms with E-state index in [1.54, 1.807) is 12.4 Å². The molecular formula is C18H19N5O. The van der Waals surface area contributed by atoms with Gasteiger partial charge in [-0.1, -0.05) is 24.3 Å². The predicted molar refractivity (Wildman–Crippen MR) is 92.6 cm³/mol. The van der Waals surface area contributed by atoms with Gasteiger partial charge in [0.15, 0.2) is 0 Å². The fourth-order valence-electron chi connectivity index (χ4n) is 3.17. The predicted octanol–water partition coefficient (Wildman–Crippen LogP) is 1.97. The molecule has 1 amide bonds. The van der Waals surface area contributed by atoms with Crippen molar-refractivity contribution in [3.63, 3.8) is 0 Å². The SMILES string of the molecule is Cn1c(NCC(=O)N2CCc3ccccc3C2)nc2ccncc21. The van der Waals surface area contributed by atoms with E-state index in [0.29, 0.717) is 12.5 Å². The van der Waals surface area contributed by atoms with Crippen LogP contribution in [0.3, 0.4) is 0 Å². The van der Waals surface area contributed by atoms with Crippen LogP contribution >= 0.6 is 0 Å². The molecule has 1 aliphatic rings. The molecule has 0 saturated carbocycles. The van der Waals surface area contributed by atoms with E-state index >= 15 is 0 Å². The minimum atomic E-state index is 0.0923. The van der Waals surface area contributed by atoms with E-state index < -0.39 is 0 Å². The molecule has 0 aliphatic carbocycles. The van der Waals surface area contributed by atoms with Crippen LogP contribution in [0.15, 0.2) is 42.7 Å². The number of carbonyl (C=O) groups excluding carboxylic acids is 1. The highest BCUT2D eigenvalue weighted by atomic mass is 16.2. The van der Waals surface area contributed by atoms with Gasteiger partial charge in [0, 0.05) is 26.3 Å². The number of carbonyl (C=O) groups is 1. The van der Waals surface area contributed by atoms with E-state index in [2.05, 4.69) is 33.5 Å². The van der Waals surface area contributed by atoms with Crippen molar-refractivity contribution in [1.29, 1.82) is 0 Å². The van der Waals surface area contributed by atoms with Gasteiger partial charge in [-0.25, -0.2) is 4.98 Å². The van der Waals surface area contributed by atoms with Crippen LogP contribution in [-0.2, 0) is 24.8 Å². The molecule has 2 aromatic heterocycles. The zero-order valence-corrected chi connectivity index (χ0v) is 13.6. The number of aromatic nitrogens is 3. The maximum Gasteiger partial charge on any atom is 0.242 e. The summed E-state index contributed by atoms with van der Waals surface area (Å²) in [7, 11) is 1.92. The first-order valence-corrected chi connectivity index (χ1v) is 8.07. The van der Waals surface area contributed by atoms with Gasteiger partial charge in [-0.05, 0) is 23.6 Å². The van der Waals surface area contributed by atoms with Gasteiger partial charge in [0.1, 0.15) is 0 Å². The Labute approximate surface area is 140 Å². The number of anilines is 1. The first kappa shape index (κ1) is 14.7. The third kappa shape index (κ3) is 2.60. The number of hydrogen-bond donors (Lipinski definition) is 1. The van der Waals surface area contributed by atoms with Crippen molar-refractivity contribution in [2.75, 3.05) is 18.4 Å². The molecule has 1 N–H and O–H groups in total. The van der Waals surface area contributed by atoms with Crippen LogP contribution in [0.25, 0.3) is 11.0 Å². The molecule has 3 heterocycles. The molecule has 0 radical (unpaired) electrons. The zero-order valence-electron chi connectivity index (χ0n) is 13.6. The van der Waals surface area contributed by atoms with Crippen molar-refractivity contribution in [1.82, 2.24) is 19.4 Å². The second-order valence-electron chi connectivity index (χ2n) is 6.05. The van der Waals surface area contributed by atoms with E-state index in [1.807, 2.05) is 28.6 Å². The Bertz CT molecular complexity index is 901. The molecule has 0 fully saturated rings. The molecule has 0 bridgehead atoms. The Morgan fingerprint density at radius 1 is 1.25 bits per heavy atom. The van der Waals surface area contributed by atoms with Crippen LogP contribution < -0.4 is 5.32 Å². The Morgan fingerprint density at radius 2 is 2.08 bits per heavy atom. The number of nitrogens with zero attached hydrogens (tertiary/aromatic N) is 4. The topological polar surface area (TPSA) is 63.1 Å². The third-order valence-corrected chi connectivity index (χ3v) is 4.56. The molecule has 0 atom stereocenters. The third-order valence-electron chi connectivity index (χ3n) is 4.56. The van der Waals surface area contributed by atoms with E-state index in [1.165, 1.54) is 11.1 Å². The van der Waals surface area contributed by atoms with Crippen LogP contribution in [0.2, 0.25) is 0 Å². The van der Waals surface area contributed by atoms with Crippen LogP contribution in [0.4, 0.5) is 5.95 Å². The van der Waals surface area contributed by atoms with Gasteiger partial charge >= 0.3 is 0 Å². The zero-order chi connectivity index (χ0) is 16.5. The summed E-state index contributed by atoms with van der Waals surface area (Å²) in [4.78, 5) is 23.0. The average molecular weight is 321 g/mol. The fraction of sp³-hybridized carbons (Fsp3) is 0.278. The van der Waals surface area contributed by atoms with Crippen molar-refractivity contribution in [3.8, 4) is 0 Å². The van der Waals surface area contributed by atoms with Gasteiger partial charge in [0.25, 0.3) is 0 Å². The lowest BCUT2D eigenvalue weighted by Crippen LogP contribution is -2.39. The number of rotatable bonds is 3. The van der Waals surface area contributed by atoms with Crippen molar-refractivity contribution in [3.05, 3.63) is 53.9 Å². The molecule has 0 spiro atoms. The molecule has 6 nitrogen and oxygen atoms in total. The van der Waals surface area contributed by atoms with E-state index in [4.69, 9.17) is 0 Å². The number of nitrogens with one attached hydrogen (secondary N) is 1. The van der Waals surface area contributed by atoms with Gasteiger partial charge < -0.3 is 14.8 Å². The first-order valence-electron chi connectivity index (χ1n) is 8.07. The van der Waals surface area contributed by atoms with Crippen LogP contribution in [0.5, 0.6) is 0 Å². The molecule has 0 unspecified atom stereocenters. The first-order chi connectivity index (χ1) is 11.7. The number of hydrogen-bond acceptors (Lipinski definition) is 4. The Balaban J connectivity index is 1.44. The summed E-state index contributed by atoms with van der Waals surface area (Å²) in [6, 6.07) is 10.2. The largest absolute Gasteiger partial charge is 0.347 e. The Kier molecular flexibility index (Phi) is 3.65. The molecule has 0 saturated heterocycles. The maximum absolute atomic E-state index is 12.5. The van der Waals surface area contributed by atoms with E-state index in [-0.39, 0.29) is 12.5 Å². The molecule has 1 aromatic carbocycles. The highest BCUT2D eigenvalue weighted by Crippen LogP contribution is 2.19. The minimum absolute atomic E-state index is 0.0923. The van der Waals surface area contributed by atoms with Gasteiger partial charge in [-0.3, -0.25) is 9.78 Å². The second-order valence-corrected chi connectivity index (χ2v) is 6.05. The number of aryl methyl sites for hydroxylation is 1. The highest BCUT2D eigenvalue weighted by Gasteiger charge is 2.20. The van der Waals surface area contributed by atoms with Crippen molar-refractivity contribution < 1.29 is 4.79 Å². The average Bonchev–Trinajstić information content (AvgIpc) is 2.95. The summed E-state index contributed by atoms with van der Waals surface area (Å²) in [5.74, 6) is 0.776.